The average Bonchev–Trinajstić information content (AvgIpc) is 3.47. The molecule has 2 atom stereocenters. The molecule has 1 fully saturated rings. The second kappa shape index (κ2) is 7.42. The smallest absolute Gasteiger partial charge is 0.248 e. The molecule has 7 heteroatoms. The van der Waals surface area contributed by atoms with Gasteiger partial charge in [0.25, 0.3) is 0 Å². The number of methoxy groups -OCH3 is 1. The lowest BCUT2D eigenvalue weighted by atomic mass is 10.1. The Morgan fingerprint density at radius 1 is 1.13 bits per heavy atom. The van der Waals surface area contributed by atoms with Crippen molar-refractivity contribution in [2.75, 3.05) is 12.4 Å². The van der Waals surface area contributed by atoms with Gasteiger partial charge in [-0.15, -0.1) is 0 Å². The third-order valence-electron chi connectivity index (χ3n) is 5.40. The van der Waals surface area contributed by atoms with E-state index in [1.807, 2.05) is 48.5 Å². The number of anilines is 1. The van der Waals surface area contributed by atoms with Crippen LogP contribution in [0.5, 0.6) is 5.75 Å². The van der Waals surface area contributed by atoms with Gasteiger partial charge in [0.15, 0.2) is 5.13 Å². The number of hydrogen-bond acceptors (Lipinski definition) is 5. The molecule has 0 bridgehead atoms. The van der Waals surface area contributed by atoms with Crippen LogP contribution in [0.15, 0.2) is 65.6 Å². The van der Waals surface area contributed by atoms with Crippen LogP contribution < -0.4 is 15.6 Å². The molecule has 2 aromatic carbocycles. The Hall–Kier alpha value is -3.45. The number of pyridine rings is 1. The van der Waals surface area contributed by atoms with E-state index in [2.05, 4.69) is 15.3 Å². The van der Waals surface area contributed by atoms with E-state index in [0.29, 0.717) is 5.13 Å². The zero-order chi connectivity index (χ0) is 20.7. The van der Waals surface area contributed by atoms with Gasteiger partial charge in [-0.25, -0.2) is 4.98 Å². The SMILES string of the molecule is COc1ccc([C@H]2C[C@@H]2C(=O)Nc2nc3ccc(-c4cc[nH]c(=O)c4)cc3s2)cc1. The van der Waals surface area contributed by atoms with Crippen LogP contribution in [0.4, 0.5) is 5.13 Å². The van der Waals surface area contributed by atoms with Crippen LogP contribution in [0.1, 0.15) is 17.9 Å². The van der Waals surface area contributed by atoms with Gasteiger partial charge in [-0.1, -0.05) is 29.5 Å². The zero-order valence-electron chi connectivity index (χ0n) is 16.2. The van der Waals surface area contributed by atoms with E-state index in [1.54, 1.807) is 19.4 Å². The lowest BCUT2D eigenvalue weighted by molar-refractivity contribution is -0.117. The number of carbonyl (C=O) groups is 1. The van der Waals surface area contributed by atoms with Gasteiger partial charge in [-0.05, 0) is 59.4 Å². The normalized spacial score (nSPS) is 17.6. The van der Waals surface area contributed by atoms with Crippen LogP contribution in [0, 0.1) is 5.92 Å². The molecule has 30 heavy (non-hydrogen) atoms. The lowest BCUT2D eigenvalue weighted by Crippen LogP contribution is -2.14. The predicted molar refractivity (Wildman–Crippen MR) is 118 cm³/mol. The van der Waals surface area contributed by atoms with Crippen molar-refractivity contribution in [3.63, 3.8) is 0 Å². The number of nitrogens with one attached hydrogen (secondary N) is 2. The molecule has 5 rings (SSSR count). The number of hydrogen-bond donors (Lipinski definition) is 2. The molecule has 4 aromatic rings. The Morgan fingerprint density at radius 3 is 2.70 bits per heavy atom. The van der Waals surface area contributed by atoms with Crippen molar-refractivity contribution in [1.82, 2.24) is 9.97 Å². The minimum Gasteiger partial charge on any atom is -0.497 e. The number of aromatic amines is 1. The Morgan fingerprint density at radius 2 is 1.93 bits per heavy atom. The highest BCUT2D eigenvalue weighted by Gasteiger charge is 2.44. The maximum atomic E-state index is 12.7. The summed E-state index contributed by atoms with van der Waals surface area (Å²) in [5.41, 5.74) is 3.63. The van der Waals surface area contributed by atoms with Crippen molar-refractivity contribution >= 4 is 32.6 Å². The average molecular weight is 417 g/mol. The monoisotopic (exact) mass is 417 g/mol. The second-order valence-corrected chi connectivity index (χ2v) is 8.38. The first-order chi connectivity index (χ1) is 14.6. The summed E-state index contributed by atoms with van der Waals surface area (Å²) in [5, 5.41) is 3.57. The van der Waals surface area contributed by atoms with Gasteiger partial charge in [0.05, 0.1) is 17.3 Å². The summed E-state index contributed by atoms with van der Waals surface area (Å²) in [6.07, 6.45) is 2.48. The molecule has 0 spiro atoms. The Labute approximate surface area is 176 Å². The molecule has 6 nitrogen and oxygen atoms in total. The van der Waals surface area contributed by atoms with E-state index in [4.69, 9.17) is 4.74 Å². The van der Waals surface area contributed by atoms with E-state index in [-0.39, 0.29) is 23.3 Å². The maximum absolute atomic E-state index is 12.7. The largest absolute Gasteiger partial charge is 0.497 e. The van der Waals surface area contributed by atoms with Gasteiger partial charge >= 0.3 is 0 Å². The van der Waals surface area contributed by atoms with Crippen LogP contribution in [0.3, 0.4) is 0 Å². The number of carbonyl (C=O) groups excluding carboxylic acids is 1. The Bertz CT molecular complexity index is 1290. The molecule has 2 aromatic heterocycles. The number of amides is 1. The molecule has 1 aliphatic rings. The number of thiazole rings is 1. The Kier molecular flexibility index (Phi) is 4.59. The molecule has 1 amide bonds. The minimum atomic E-state index is -0.138. The molecule has 2 heterocycles. The molecule has 0 unspecified atom stereocenters. The molecule has 0 radical (unpaired) electrons. The number of H-pyrrole nitrogens is 1. The van der Waals surface area contributed by atoms with Crippen LogP contribution in [0.25, 0.3) is 21.3 Å². The molecular formula is C23H19N3O3S. The summed E-state index contributed by atoms with van der Waals surface area (Å²) < 4.78 is 6.15. The highest BCUT2D eigenvalue weighted by Crippen LogP contribution is 2.48. The van der Waals surface area contributed by atoms with Crippen molar-refractivity contribution in [2.45, 2.75) is 12.3 Å². The fraction of sp³-hybridized carbons (Fsp3) is 0.174. The molecule has 1 aliphatic carbocycles. The number of nitrogens with zero attached hydrogens (tertiary/aromatic N) is 1. The van der Waals surface area contributed by atoms with Crippen LogP contribution >= 0.6 is 11.3 Å². The van der Waals surface area contributed by atoms with Gasteiger partial charge in [0.2, 0.25) is 11.5 Å². The highest BCUT2D eigenvalue weighted by molar-refractivity contribution is 7.22. The topological polar surface area (TPSA) is 84.1 Å². The summed E-state index contributed by atoms with van der Waals surface area (Å²) in [6, 6.07) is 17.2. The molecule has 0 saturated heterocycles. The fourth-order valence-corrected chi connectivity index (χ4v) is 4.59. The molecular weight excluding hydrogens is 398 g/mol. The summed E-state index contributed by atoms with van der Waals surface area (Å²) >= 11 is 1.44. The first-order valence-corrected chi connectivity index (χ1v) is 10.5. The third kappa shape index (κ3) is 3.59. The molecule has 0 aliphatic heterocycles. The summed E-state index contributed by atoms with van der Waals surface area (Å²) in [6.45, 7) is 0. The fourth-order valence-electron chi connectivity index (χ4n) is 3.68. The number of fused-ring (bicyclic) bond motifs is 1. The van der Waals surface area contributed by atoms with E-state index < -0.39 is 0 Å². The van der Waals surface area contributed by atoms with Gasteiger partial charge in [0, 0.05) is 18.2 Å². The van der Waals surface area contributed by atoms with E-state index >= 15 is 0 Å². The van der Waals surface area contributed by atoms with E-state index in [9.17, 15) is 9.59 Å². The minimum absolute atomic E-state index is 0.00434. The molecule has 1 saturated carbocycles. The summed E-state index contributed by atoms with van der Waals surface area (Å²) in [4.78, 5) is 31.4. The van der Waals surface area contributed by atoms with Crippen molar-refractivity contribution in [2.24, 2.45) is 5.92 Å². The van der Waals surface area contributed by atoms with Crippen molar-refractivity contribution in [1.29, 1.82) is 0 Å². The first-order valence-electron chi connectivity index (χ1n) is 9.65. The second-order valence-electron chi connectivity index (χ2n) is 7.35. The van der Waals surface area contributed by atoms with E-state index in [0.717, 1.165) is 39.1 Å². The standard InChI is InChI=1S/C23H19N3O3S/c1-29-16-5-2-13(3-6-16)17-12-18(17)22(28)26-23-25-19-7-4-14(10-20(19)30-23)15-8-9-24-21(27)11-15/h2-11,17-18H,12H2,1H3,(H,24,27)(H,25,26,28)/t17-,18+/m1/s1. The summed E-state index contributed by atoms with van der Waals surface area (Å²) in [5.74, 6) is 1.03. The Balaban J connectivity index is 1.30. The quantitative estimate of drug-likeness (QED) is 0.504. The van der Waals surface area contributed by atoms with Gasteiger partial charge in [-0.3, -0.25) is 9.59 Å². The third-order valence-corrected chi connectivity index (χ3v) is 6.33. The van der Waals surface area contributed by atoms with Crippen LogP contribution in [-0.2, 0) is 4.79 Å². The van der Waals surface area contributed by atoms with Crippen molar-refractivity contribution in [3.8, 4) is 16.9 Å². The van der Waals surface area contributed by atoms with Gasteiger partial charge in [-0.2, -0.15) is 0 Å². The maximum Gasteiger partial charge on any atom is 0.248 e. The molecule has 2 N–H and O–H groups in total. The lowest BCUT2D eigenvalue weighted by Gasteiger charge is -2.03. The van der Waals surface area contributed by atoms with Crippen LogP contribution in [-0.4, -0.2) is 23.0 Å². The number of benzene rings is 2. The highest BCUT2D eigenvalue weighted by atomic mass is 32.1. The number of ether oxygens (including phenoxy) is 1. The molecule has 150 valence electrons. The van der Waals surface area contributed by atoms with E-state index in [1.165, 1.54) is 11.3 Å². The number of aromatic nitrogens is 2. The van der Waals surface area contributed by atoms with Crippen molar-refractivity contribution in [3.05, 3.63) is 76.7 Å². The first kappa shape index (κ1) is 18.6. The van der Waals surface area contributed by atoms with Crippen LogP contribution in [0.2, 0.25) is 0 Å². The van der Waals surface area contributed by atoms with Gasteiger partial charge < -0.3 is 15.0 Å². The summed E-state index contributed by atoms with van der Waals surface area (Å²) in [7, 11) is 1.64. The predicted octanol–water partition coefficient (Wildman–Crippen LogP) is 4.40. The van der Waals surface area contributed by atoms with Gasteiger partial charge in [0.1, 0.15) is 5.75 Å². The zero-order valence-corrected chi connectivity index (χ0v) is 17.0. The van der Waals surface area contributed by atoms with Crippen molar-refractivity contribution < 1.29 is 9.53 Å². The number of rotatable bonds is 5.